The number of ether oxygens (including phenoxy) is 1. The van der Waals surface area contributed by atoms with Gasteiger partial charge < -0.3 is 10.1 Å². The first-order valence-electron chi connectivity index (χ1n) is 6.63. The van der Waals surface area contributed by atoms with Crippen LogP contribution in [-0.2, 0) is 9.53 Å². The van der Waals surface area contributed by atoms with Gasteiger partial charge in [0, 0.05) is 5.69 Å². The second kappa shape index (κ2) is 5.08. The maximum atomic E-state index is 11.2. The van der Waals surface area contributed by atoms with E-state index in [-0.39, 0.29) is 5.60 Å². The van der Waals surface area contributed by atoms with Crippen molar-refractivity contribution in [3.8, 4) is 0 Å². The van der Waals surface area contributed by atoms with Gasteiger partial charge in [0.1, 0.15) is 5.60 Å². The Hall–Kier alpha value is -1.77. The summed E-state index contributed by atoms with van der Waals surface area (Å²) >= 11 is 0. The third kappa shape index (κ3) is 2.98. The molecule has 0 bridgehead atoms. The summed E-state index contributed by atoms with van der Waals surface area (Å²) in [7, 11) is 0. The molecule has 0 fully saturated rings. The Balaban J connectivity index is 2.35. The van der Waals surface area contributed by atoms with Crippen molar-refractivity contribution in [3.63, 3.8) is 0 Å². The van der Waals surface area contributed by atoms with Crippen molar-refractivity contribution in [2.75, 3.05) is 5.32 Å². The summed E-state index contributed by atoms with van der Waals surface area (Å²) in [5, 5.41) is 3.30. The zero-order valence-electron chi connectivity index (χ0n) is 12.0. The van der Waals surface area contributed by atoms with E-state index in [4.69, 9.17) is 4.74 Å². The second-order valence-corrected chi connectivity index (χ2v) is 5.73. The predicted molar refractivity (Wildman–Crippen MR) is 77.0 cm³/mol. The van der Waals surface area contributed by atoms with Gasteiger partial charge in [-0.1, -0.05) is 18.2 Å². The molecule has 0 spiro atoms. The summed E-state index contributed by atoms with van der Waals surface area (Å²) in [4.78, 5) is 11.2. The van der Waals surface area contributed by atoms with E-state index in [1.807, 2.05) is 45.9 Å². The molecule has 1 heterocycles. The van der Waals surface area contributed by atoms with Crippen LogP contribution in [0.15, 0.2) is 29.7 Å². The molecule has 1 aliphatic heterocycles. The molecule has 0 aromatic heterocycles. The van der Waals surface area contributed by atoms with Crippen LogP contribution in [0.25, 0.3) is 0 Å². The summed E-state index contributed by atoms with van der Waals surface area (Å²) in [5.74, 6) is 0.601. The van der Waals surface area contributed by atoms with Crippen LogP contribution in [0.4, 0.5) is 5.69 Å². The van der Waals surface area contributed by atoms with E-state index in [2.05, 4.69) is 5.32 Å². The van der Waals surface area contributed by atoms with Gasteiger partial charge in [0.25, 0.3) is 0 Å². The molecule has 1 aromatic rings. The van der Waals surface area contributed by atoms with E-state index in [1.165, 1.54) is 0 Å². The maximum Gasteiger partial charge on any atom is 0.198 e. The lowest BCUT2D eigenvalue weighted by Gasteiger charge is -2.33. The molecule has 0 saturated carbocycles. The van der Waals surface area contributed by atoms with Crippen LogP contribution in [0.2, 0.25) is 0 Å². The van der Waals surface area contributed by atoms with Crippen molar-refractivity contribution in [1.82, 2.24) is 0 Å². The highest BCUT2D eigenvalue weighted by atomic mass is 16.5. The Morgan fingerprint density at radius 2 is 1.89 bits per heavy atom. The first-order chi connectivity index (χ1) is 8.93. The molecule has 19 heavy (non-hydrogen) atoms. The molecule has 1 N–H and O–H groups in total. The number of benzene rings is 1. The number of allylic oxidation sites excluding steroid dienone is 1. The molecular weight excluding hydrogens is 238 g/mol. The van der Waals surface area contributed by atoms with Crippen LogP contribution >= 0.6 is 0 Å². The van der Waals surface area contributed by atoms with E-state index >= 15 is 0 Å². The number of aryl methyl sites for hydroxylation is 2. The Bertz CT molecular complexity index is 509. The van der Waals surface area contributed by atoms with E-state index in [1.54, 1.807) is 0 Å². The number of anilines is 1. The zero-order valence-corrected chi connectivity index (χ0v) is 12.0. The molecule has 0 aliphatic carbocycles. The number of aldehydes is 1. The quantitative estimate of drug-likeness (QED) is 0.841. The van der Waals surface area contributed by atoms with Crippen molar-refractivity contribution >= 4 is 12.0 Å². The summed E-state index contributed by atoms with van der Waals surface area (Å²) in [6.07, 6.45) is 2.51. The Morgan fingerprint density at radius 3 is 2.47 bits per heavy atom. The fourth-order valence-electron chi connectivity index (χ4n) is 2.29. The molecule has 1 aromatic carbocycles. The van der Waals surface area contributed by atoms with E-state index in [9.17, 15) is 4.79 Å². The molecule has 0 unspecified atom stereocenters. The van der Waals surface area contributed by atoms with Crippen molar-refractivity contribution < 1.29 is 9.53 Å². The minimum absolute atomic E-state index is 0.231. The fraction of sp³-hybridized carbons (Fsp3) is 0.438. The first-order valence-corrected chi connectivity index (χ1v) is 6.63. The topological polar surface area (TPSA) is 38.3 Å². The predicted octanol–water partition coefficient (Wildman–Crippen LogP) is 3.71. The number of nitrogens with one attached hydrogen (secondary N) is 1. The van der Waals surface area contributed by atoms with E-state index in [0.717, 1.165) is 35.9 Å². The average Bonchev–Trinajstić information content (AvgIpc) is 2.33. The standard InChI is InChI=1S/C16H21NO2/c1-11-6-5-7-12(2)14(11)17-15-13(10-18)8-9-16(3,4)19-15/h5-7,10,17H,8-9H2,1-4H3. The molecule has 2 rings (SSSR count). The number of carbonyl (C=O) groups excluding carboxylic acids is 1. The SMILES string of the molecule is Cc1cccc(C)c1NC1=C(C=O)CCC(C)(C)O1. The molecule has 0 saturated heterocycles. The van der Waals surface area contributed by atoms with Crippen LogP contribution < -0.4 is 5.32 Å². The summed E-state index contributed by atoms with van der Waals surface area (Å²) in [6, 6.07) is 6.12. The van der Waals surface area contributed by atoms with Gasteiger partial charge in [0.15, 0.2) is 12.2 Å². The highest BCUT2D eigenvalue weighted by Gasteiger charge is 2.28. The smallest absolute Gasteiger partial charge is 0.198 e. The second-order valence-electron chi connectivity index (χ2n) is 5.73. The van der Waals surface area contributed by atoms with E-state index < -0.39 is 0 Å². The lowest BCUT2D eigenvalue weighted by Crippen LogP contribution is -2.31. The lowest BCUT2D eigenvalue weighted by atomic mass is 9.96. The highest BCUT2D eigenvalue weighted by molar-refractivity contribution is 5.76. The number of para-hydroxylation sites is 1. The minimum atomic E-state index is -0.231. The van der Waals surface area contributed by atoms with E-state index in [0.29, 0.717) is 11.5 Å². The third-order valence-corrected chi connectivity index (χ3v) is 3.53. The average molecular weight is 259 g/mol. The summed E-state index contributed by atoms with van der Waals surface area (Å²) in [6.45, 7) is 8.18. The molecule has 102 valence electrons. The summed E-state index contributed by atoms with van der Waals surface area (Å²) < 4.78 is 5.93. The minimum Gasteiger partial charge on any atom is -0.473 e. The van der Waals surface area contributed by atoms with Gasteiger partial charge in [-0.25, -0.2) is 0 Å². The Labute approximate surface area is 114 Å². The van der Waals surface area contributed by atoms with Gasteiger partial charge in [0.05, 0.1) is 5.57 Å². The van der Waals surface area contributed by atoms with Gasteiger partial charge in [-0.3, -0.25) is 4.79 Å². The van der Waals surface area contributed by atoms with Gasteiger partial charge in [-0.05, 0) is 51.7 Å². The number of hydrogen-bond acceptors (Lipinski definition) is 3. The van der Waals surface area contributed by atoms with Gasteiger partial charge >= 0.3 is 0 Å². The molecule has 0 radical (unpaired) electrons. The molecule has 1 aliphatic rings. The number of rotatable bonds is 3. The molecule has 3 nitrogen and oxygen atoms in total. The van der Waals surface area contributed by atoms with Crippen LogP contribution in [0.1, 0.15) is 37.8 Å². The van der Waals surface area contributed by atoms with Gasteiger partial charge in [-0.2, -0.15) is 0 Å². The van der Waals surface area contributed by atoms with Crippen LogP contribution in [0.3, 0.4) is 0 Å². The molecular formula is C16H21NO2. The summed E-state index contributed by atoms with van der Waals surface area (Å²) in [5.41, 5.74) is 3.79. The van der Waals surface area contributed by atoms with Gasteiger partial charge in [0.2, 0.25) is 0 Å². The van der Waals surface area contributed by atoms with Crippen molar-refractivity contribution in [2.24, 2.45) is 0 Å². The third-order valence-electron chi connectivity index (χ3n) is 3.53. The van der Waals surface area contributed by atoms with Crippen molar-refractivity contribution in [1.29, 1.82) is 0 Å². The largest absolute Gasteiger partial charge is 0.473 e. The van der Waals surface area contributed by atoms with Gasteiger partial charge in [-0.15, -0.1) is 0 Å². The number of carbonyl (C=O) groups is 1. The van der Waals surface area contributed by atoms with Crippen LogP contribution in [-0.4, -0.2) is 11.9 Å². The van der Waals surface area contributed by atoms with Crippen LogP contribution in [0, 0.1) is 13.8 Å². The number of hydrogen-bond donors (Lipinski definition) is 1. The monoisotopic (exact) mass is 259 g/mol. The zero-order chi connectivity index (χ0) is 14.0. The molecule has 0 atom stereocenters. The Kier molecular flexibility index (Phi) is 3.65. The first kappa shape index (κ1) is 13.7. The Morgan fingerprint density at radius 1 is 1.26 bits per heavy atom. The normalized spacial score (nSPS) is 17.9. The molecule has 3 heteroatoms. The van der Waals surface area contributed by atoms with Crippen LogP contribution in [0.5, 0.6) is 0 Å². The van der Waals surface area contributed by atoms with Crippen molar-refractivity contribution in [2.45, 2.75) is 46.1 Å². The van der Waals surface area contributed by atoms with Crippen molar-refractivity contribution in [3.05, 3.63) is 40.8 Å². The lowest BCUT2D eigenvalue weighted by molar-refractivity contribution is -0.106. The highest BCUT2D eigenvalue weighted by Crippen LogP contribution is 2.32. The molecule has 0 amide bonds. The fourth-order valence-corrected chi connectivity index (χ4v) is 2.29. The maximum absolute atomic E-state index is 11.2.